The molecule has 1 fully saturated rings. The molecule has 1 atom stereocenters. The molecule has 0 N–H and O–H groups in total. The third-order valence-corrected chi connectivity index (χ3v) is 7.05. The second kappa shape index (κ2) is 5.63. The van der Waals surface area contributed by atoms with Crippen molar-refractivity contribution >= 4 is 32.0 Å². The molecule has 0 aliphatic carbocycles. The lowest BCUT2D eigenvalue weighted by Gasteiger charge is -2.23. The lowest BCUT2D eigenvalue weighted by atomic mass is 10.3. The van der Waals surface area contributed by atoms with Gasteiger partial charge in [0, 0.05) is 18.8 Å². The molecular weight excluding hydrogens is 325 g/mol. The number of hydrogen-bond acceptors (Lipinski definition) is 5. The molecule has 5 nitrogen and oxygen atoms in total. The summed E-state index contributed by atoms with van der Waals surface area (Å²) in [7, 11) is -7.27. The fourth-order valence-electron chi connectivity index (χ4n) is 1.96. The SMILES string of the molecule is CN(C1CCSC1)S(=O)(=O)c1cccc(S(=O)(=O)F)c1. The van der Waals surface area contributed by atoms with E-state index >= 15 is 0 Å². The molecule has 20 heavy (non-hydrogen) atoms. The number of benzene rings is 1. The zero-order chi connectivity index (χ0) is 15.0. The quantitative estimate of drug-likeness (QED) is 0.777. The first-order valence-corrected chi connectivity index (χ1v) is 9.81. The normalized spacial score (nSPS) is 20.4. The second-order valence-electron chi connectivity index (χ2n) is 4.45. The van der Waals surface area contributed by atoms with Gasteiger partial charge < -0.3 is 0 Å². The van der Waals surface area contributed by atoms with E-state index in [0.29, 0.717) is 5.75 Å². The molecule has 1 unspecified atom stereocenters. The summed E-state index contributed by atoms with van der Waals surface area (Å²) in [6.45, 7) is 0. The van der Waals surface area contributed by atoms with Crippen LogP contribution in [0.2, 0.25) is 0 Å². The minimum atomic E-state index is -4.92. The molecule has 1 heterocycles. The number of thioether (sulfide) groups is 1. The van der Waals surface area contributed by atoms with Crippen LogP contribution in [0, 0.1) is 0 Å². The molecule has 0 bridgehead atoms. The summed E-state index contributed by atoms with van der Waals surface area (Å²) in [6.07, 6.45) is 0.751. The zero-order valence-electron chi connectivity index (χ0n) is 10.7. The van der Waals surface area contributed by atoms with Gasteiger partial charge in [0.1, 0.15) is 0 Å². The topological polar surface area (TPSA) is 71.5 Å². The molecule has 1 aliphatic rings. The third kappa shape index (κ3) is 3.16. The van der Waals surface area contributed by atoms with E-state index in [-0.39, 0.29) is 10.9 Å². The number of halogens is 1. The van der Waals surface area contributed by atoms with Crippen molar-refractivity contribution in [3.63, 3.8) is 0 Å². The van der Waals surface area contributed by atoms with Crippen LogP contribution in [0.1, 0.15) is 6.42 Å². The van der Waals surface area contributed by atoms with Crippen molar-refractivity contribution in [3.8, 4) is 0 Å². The van der Waals surface area contributed by atoms with Crippen molar-refractivity contribution < 1.29 is 20.7 Å². The van der Waals surface area contributed by atoms with Crippen LogP contribution in [-0.4, -0.2) is 45.7 Å². The summed E-state index contributed by atoms with van der Waals surface area (Å²) in [5.74, 6) is 1.60. The van der Waals surface area contributed by atoms with Crippen molar-refractivity contribution in [2.24, 2.45) is 0 Å². The van der Waals surface area contributed by atoms with Gasteiger partial charge in [0.25, 0.3) is 0 Å². The van der Waals surface area contributed by atoms with Crippen LogP contribution in [0.15, 0.2) is 34.1 Å². The highest BCUT2D eigenvalue weighted by molar-refractivity contribution is 7.99. The molecule has 112 valence electrons. The maximum atomic E-state index is 13.0. The zero-order valence-corrected chi connectivity index (χ0v) is 13.1. The van der Waals surface area contributed by atoms with E-state index in [2.05, 4.69) is 0 Å². The predicted molar refractivity (Wildman–Crippen MR) is 75.4 cm³/mol. The van der Waals surface area contributed by atoms with Gasteiger partial charge in [0.15, 0.2) is 0 Å². The molecule has 1 saturated heterocycles. The second-order valence-corrected chi connectivity index (χ2v) is 8.95. The van der Waals surface area contributed by atoms with Crippen molar-refractivity contribution in [2.45, 2.75) is 22.3 Å². The lowest BCUT2D eigenvalue weighted by Crippen LogP contribution is -2.36. The highest BCUT2D eigenvalue weighted by atomic mass is 32.3. The van der Waals surface area contributed by atoms with Gasteiger partial charge in [-0.05, 0) is 30.4 Å². The van der Waals surface area contributed by atoms with Crippen molar-refractivity contribution in [3.05, 3.63) is 24.3 Å². The summed E-state index contributed by atoms with van der Waals surface area (Å²) >= 11 is 1.67. The summed E-state index contributed by atoms with van der Waals surface area (Å²) in [5.41, 5.74) is 0. The highest BCUT2D eigenvalue weighted by Crippen LogP contribution is 2.27. The Morgan fingerprint density at radius 3 is 2.45 bits per heavy atom. The molecule has 0 amide bonds. The van der Waals surface area contributed by atoms with E-state index in [9.17, 15) is 20.7 Å². The molecular formula is C11H14FNO4S3. The van der Waals surface area contributed by atoms with E-state index in [4.69, 9.17) is 0 Å². The van der Waals surface area contributed by atoms with Gasteiger partial charge in [-0.1, -0.05) is 6.07 Å². The molecule has 0 spiro atoms. The molecule has 0 aromatic heterocycles. The van der Waals surface area contributed by atoms with Gasteiger partial charge in [-0.3, -0.25) is 0 Å². The Kier molecular flexibility index (Phi) is 4.43. The van der Waals surface area contributed by atoms with Crippen LogP contribution < -0.4 is 0 Å². The van der Waals surface area contributed by atoms with E-state index < -0.39 is 25.1 Å². The molecule has 9 heteroatoms. The van der Waals surface area contributed by atoms with Crippen molar-refractivity contribution in [1.82, 2.24) is 4.31 Å². The third-order valence-electron chi connectivity index (χ3n) is 3.18. The van der Waals surface area contributed by atoms with Crippen LogP contribution >= 0.6 is 11.8 Å². The molecule has 2 rings (SSSR count). The Bertz CT molecular complexity index is 696. The van der Waals surface area contributed by atoms with Crippen LogP contribution in [-0.2, 0) is 20.2 Å². The Morgan fingerprint density at radius 2 is 1.90 bits per heavy atom. The number of rotatable bonds is 4. The van der Waals surface area contributed by atoms with Crippen molar-refractivity contribution in [1.29, 1.82) is 0 Å². The predicted octanol–water partition coefficient (Wildman–Crippen LogP) is 1.47. The standard InChI is InChI=1S/C11H14FNO4S3/c1-13(9-5-6-18-8-9)20(16,17)11-4-2-3-10(7-11)19(12,14)15/h2-4,7,9H,5-6,8H2,1H3. The number of hydrogen-bond donors (Lipinski definition) is 0. The molecule has 1 aromatic rings. The minimum Gasteiger partial charge on any atom is -0.207 e. The summed E-state index contributed by atoms with van der Waals surface area (Å²) in [4.78, 5) is -0.858. The van der Waals surface area contributed by atoms with E-state index in [0.717, 1.165) is 24.3 Å². The largest absolute Gasteiger partial charge is 0.332 e. The van der Waals surface area contributed by atoms with Gasteiger partial charge in [-0.15, -0.1) is 3.89 Å². The Labute approximate surface area is 122 Å². The van der Waals surface area contributed by atoms with Gasteiger partial charge >= 0.3 is 10.2 Å². The molecule has 0 saturated carbocycles. The molecule has 0 radical (unpaired) electrons. The van der Waals surface area contributed by atoms with E-state index in [1.165, 1.54) is 23.5 Å². The average Bonchev–Trinajstić information content (AvgIpc) is 2.90. The maximum absolute atomic E-state index is 13.0. The van der Waals surface area contributed by atoms with Crippen LogP contribution in [0.5, 0.6) is 0 Å². The lowest BCUT2D eigenvalue weighted by molar-refractivity contribution is 0.394. The maximum Gasteiger partial charge on any atom is 0.332 e. The van der Waals surface area contributed by atoms with Crippen LogP contribution in [0.3, 0.4) is 0 Å². The molecule has 1 aliphatic heterocycles. The Hall–Kier alpha value is -0.640. The van der Waals surface area contributed by atoms with E-state index in [1.54, 1.807) is 11.8 Å². The first-order chi connectivity index (χ1) is 9.23. The Balaban J connectivity index is 2.39. The monoisotopic (exact) mass is 339 g/mol. The number of sulfonamides is 1. The summed E-state index contributed by atoms with van der Waals surface area (Å²) in [6, 6.07) is 4.25. The molecule has 1 aromatic carbocycles. The smallest absolute Gasteiger partial charge is 0.207 e. The average molecular weight is 339 g/mol. The van der Waals surface area contributed by atoms with Gasteiger partial charge in [-0.2, -0.15) is 24.5 Å². The minimum absolute atomic E-state index is 0.115. The summed E-state index contributed by atoms with van der Waals surface area (Å²) < 4.78 is 60.7. The highest BCUT2D eigenvalue weighted by Gasteiger charge is 2.31. The fourth-order valence-corrected chi connectivity index (χ4v) is 5.33. The Morgan fingerprint density at radius 1 is 1.25 bits per heavy atom. The first-order valence-electron chi connectivity index (χ1n) is 5.83. The van der Waals surface area contributed by atoms with Crippen LogP contribution in [0.4, 0.5) is 3.89 Å². The fraction of sp³-hybridized carbons (Fsp3) is 0.455. The van der Waals surface area contributed by atoms with Crippen molar-refractivity contribution in [2.75, 3.05) is 18.6 Å². The van der Waals surface area contributed by atoms with Gasteiger partial charge in [0.05, 0.1) is 9.79 Å². The number of nitrogens with zero attached hydrogens (tertiary/aromatic N) is 1. The van der Waals surface area contributed by atoms with Gasteiger partial charge in [0.2, 0.25) is 10.0 Å². The van der Waals surface area contributed by atoms with Crippen LogP contribution in [0.25, 0.3) is 0 Å². The first kappa shape index (κ1) is 15.7. The van der Waals surface area contributed by atoms with Gasteiger partial charge in [-0.25, -0.2) is 8.42 Å². The van der Waals surface area contributed by atoms with E-state index in [1.807, 2.05) is 0 Å². The summed E-state index contributed by atoms with van der Waals surface area (Å²) in [5, 5.41) is 0.